The van der Waals surface area contributed by atoms with Crippen LogP contribution < -0.4 is 0 Å². The van der Waals surface area contributed by atoms with Gasteiger partial charge < -0.3 is 9.47 Å². The molecule has 0 aromatic carbocycles. The van der Waals surface area contributed by atoms with Crippen molar-refractivity contribution in [1.29, 1.82) is 0 Å². The number of hydrogen-bond donors (Lipinski definition) is 0. The first-order valence-electron chi connectivity index (χ1n) is 7.64. The quantitative estimate of drug-likeness (QED) is 0.556. The molecule has 20 heavy (non-hydrogen) atoms. The van der Waals surface area contributed by atoms with Gasteiger partial charge in [-0.05, 0) is 38.0 Å². The van der Waals surface area contributed by atoms with Crippen LogP contribution in [0.5, 0.6) is 0 Å². The minimum atomic E-state index is -0.796. The molecule has 0 heterocycles. The third-order valence-electron chi connectivity index (χ3n) is 4.23. The fourth-order valence-corrected chi connectivity index (χ4v) is 3.30. The molecule has 0 aromatic heterocycles. The summed E-state index contributed by atoms with van der Waals surface area (Å²) in [4.78, 5) is 24.9. The lowest BCUT2D eigenvalue weighted by Crippen LogP contribution is -2.51. The van der Waals surface area contributed by atoms with E-state index < -0.39 is 17.5 Å². The summed E-state index contributed by atoms with van der Waals surface area (Å²) in [5.74, 6) is -0.888. The topological polar surface area (TPSA) is 52.6 Å². The smallest absolute Gasteiger partial charge is 0.316 e. The molecule has 1 rings (SSSR count). The number of carbonyl (C=O) groups excluding carboxylic acids is 2. The second-order valence-electron chi connectivity index (χ2n) is 6.24. The van der Waals surface area contributed by atoms with Crippen LogP contribution in [0, 0.1) is 17.8 Å². The predicted molar refractivity (Wildman–Crippen MR) is 77.3 cm³/mol. The number of carbonyl (C=O) groups is 2. The van der Waals surface area contributed by atoms with Gasteiger partial charge in [-0.2, -0.15) is 0 Å². The van der Waals surface area contributed by atoms with E-state index in [-0.39, 0.29) is 11.7 Å². The minimum Gasteiger partial charge on any atom is -0.468 e. The Kier molecular flexibility index (Phi) is 6.18. The molecule has 0 spiro atoms. The van der Waals surface area contributed by atoms with Gasteiger partial charge in [0.05, 0.1) is 7.11 Å². The van der Waals surface area contributed by atoms with Crippen molar-refractivity contribution in [3.63, 3.8) is 0 Å². The molecule has 0 aliphatic heterocycles. The van der Waals surface area contributed by atoms with E-state index in [4.69, 9.17) is 9.47 Å². The maximum absolute atomic E-state index is 13.0. The van der Waals surface area contributed by atoms with Crippen molar-refractivity contribution in [1.82, 2.24) is 0 Å². The Balaban J connectivity index is 3.05. The summed E-state index contributed by atoms with van der Waals surface area (Å²) in [6.07, 6.45) is 3.51. The largest absolute Gasteiger partial charge is 0.468 e. The summed E-state index contributed by atoms with van der Waals surface area (Å²) >= 11 is 0. The van der Waals surface area contributed by atoms with Gasteiger partial charge in [0.2, 0.25) is 0 Å². The number of ketones is 1. The molecule has 3 unspecified atom stereocenters. The maximum atomic E-state index is 13.0. The molecule has 0 amide bonds. The molecule has 1 aliphatic rings. The second kappa shape index (κ2) is 7.21. The van der Waals surface area contributed by atoms with Crippen LogP contribution in [0.1, 0.15) is 53.4 Å². The highest BCUT2D eigenvalue weighted by molar-refractivity contribution is 6.03. The Morgan fingerprint density at radius 2 is 2.00 bits per heavy atom. The molecule has 4 heteroatoms. The van der Waals surface area contributed by atoms with Crippen molar-refractivity contribution in [2.45, 2.75) is 59.0 Å². The summed E-state index contributed by atoms with van der Waals surface area (Å²) in [7, 11) is 1.34. The highest BCUT2D eigenvalue weighted by atomic mass is 16.5. The van der Waals surface area contributed by atoms with Crippen LogP contribution in [0.4, 0.5) is 0 Å². The number of rotatable bonds is 6. The van der Waals surface area contributed by atoms with Crippen LogP contribution in [0.15, 0.2) is 0 Å². The Bertz CT molecular complexity index is 346. The molecule has 4 nitrogen and oxygen atoms in total. The first-order valence-corrected chi connectivity index (χ1v) is 7.64. The van der Waals surface area contributed by atoms with E-state index in [2.05, 4.69) is 6.92 Å². The predicted octanol–water partition coefficient (Wildman–Crippen LogP) is 2.99. The van der Waals surface area contributed by atoms with E-state index in [1.54, 1.807) is 0 Å². The van der Waals surface area contributed by atoms with Gasteiger partial charge in [0.25, 0.3) is 0 Å². The van der Waals surface area contributed by atoms with Gasteiger partial charge in [0.1, 0.15) is 11.5 Å². The Morgan fingerprint density at radius 3 is 2.45 bits per heavy atom. The van der Waals surface area contributed by atoms with Crippen LogP contribution in [0.3, 0.4) is 0 Å². The van der Waals surface area contributed by atoms with E-state index in [1.165, 1.54) is 7.11 Å². The van der Waals surface area contributed by atoms with Gasteiger partial charge in [0.15, 0.2) is 5.78 Å². The second-order valence-corrected chi connectivity index (χ2v) is 6.24. The summed E-state index contributed by atoms with van der Waals surface area (Å²) in [6, 6.07) is 0. The number of Topliss-reactive ketones (excluding diaryl/α,β-unsaturated/α-hetero) is 1. The zero-order valence-corrected chi connectivity index (χ0v) is 13.4. The Hall–Kier alpha value is -0.900. The number of hydrogen-bond acceptors (Lipinski definition) is 4. The molecule has 116 valence electrons. The molecule has 1 aliphatic carbocycles. The normalized spacial score (nSPS) is 28.2. The van der Waals surface area contributed by atoms with Crippen molar-refractivity contribution in [3.05, 3.63) is 0 Å². The molecule has 0 saturated heterocycles. The third kappa shape index (κ3) is 3.60. The van der Waals surface area contributed by atoms with Crippen LogP contribution in [0.25, 0.3) is 0 Å². The minimum absolute atomic E-state index is 0.0792. The Morgan fingerprint density at radius 1 is 1.35 bits per heavy atom. The van der Waals surface area contributed by atoms with Gasteiger partial charge in [-0.15, -0.1) is 0 Å². The van der Waals surface area contributed by atoms with Crippen molar-refractivity contribution in [2.75, 3.05) is 13.7 Å². The number of methoxy groups -OCH3 is 1. The fraction of sp³-hybridized carbons (Fsp3) is 0.875. The summed E-state index contributed by atoms with van der Waals surface area (Å²) in [6.45, 7) is 8.29. The van der Waals surface area contributed by atoms with E-state index in [9.17, 15) is 9.59 Å². The molecule has 0 aromatic rings. The van der Waals surface area contributed by atoms with Crippen LogP contribution in [0.2, 0.25) is 0 Å². The van der Waals surface area contributed by atoms with Gasteiger partial charge in [0, 0.05) is 6.61 Å². The highest BCUT2D eigenvalue weighted by Gasteiger charge is 2.48. The summed E-state index contributed by atoms with van der Waals surface area (Å²) < 4.78 is 10.7. The van der Waals surface area contributed by atoms with Crippen molar-refractivity contribution in [3.8, 4) is 0 Å². The molecule has 0 bridgehead atoms. The lowest BCUT2D eigenvalue weighted by atomic mass is 9.71. The molecule has 1 fully saturated rings. The summed E-state index contributed by atoms with van der Waals surface area (Å²) in [5.41, 5.74) is -0.796. The van der Waals surface area contributed by atoms with Gasteiger partial charge in [-0.25, -0.2) is 0 Å². The molecule has 3 atom stereocenters. The van der Waals surface area contributed by atoms with Crippen molar-refractivity contribution in [2.24, 2.45) is 17.8 Å². The van der Waals surface area contributed by atoms with Gasteiger partial charge in [-0.1, -0.05) is 27.2 Å². The average Bonchev–Trinajstić information content (AvgIpc) is 2.38. The zero-order chi connectivity index (χ0) is 15.3. The first kappa shape index (κ1) is 17.2. The van der Waals surface area contributed by atoms with Crippen LogP contribution in [-0.4, -0.2) is 31.1 Å². The van der Waals surface area contributed by atoms with Crippen LogP contribution >= 0.6 is 0 Å². The number of ether oxygens (including phenoxy) is 2. The maximum Gasteiger partial charge on any atom is 0.316 e. The van der Waals surface area contributed by atoms with Crippen molar-refractivity contribution < 1.29 is 19.1 Å². The third-order valence-corrected chi connectivity index (χ3v) is 4.23. The SMILES string of the molecule is CCOC1(C(=O)C(C(=O)OC)C(C)C)CCCC(C)C1. The van der Waals surface area contributed by atoms with Crippen molar-refractivity contribution >= 4 is 11.8 Å². The van der Waals surface area contributed by atoms with E-state index in [1.807, 2.05) is 20.8 Å². The molecular formula is C16H28O4. The Labute approximate surface area is 122 Å². The molecule has 1 saturated carbocycles. The fourth-order valence-electron chi connectivity index (χ4n) is 3.30. The standard InChI is InChI=1S/C16H28O4/c1-6-20-16(9-7-8-12(4)10-16)14(17)13(11(2)3)15(18)19-5/h11-13H,6-10H2,1-5H3. The van der Waals surface area contributed by atoms with E-state index >= 15 is 0 Å². The first-order chi connectivity index (χ1) is 9.38. The zero-order valence-electron chi connectivity index (χ0n) is 13.4. The summed E-state index contributed by atoms with van der Waals surface area (Å²) in [5, 5.41) is 0. The van der Waals surface area contributed by atoms with Gasteiger partial charge in [-0.3, -0.25) is 9.59 Å². The monoisotopic (exact) mass is 284 g/mol. The molecule has 0 N–H and O–H groups in total. The highest BCUT2D eigenvalue weighted by Crippen LogP contribution is 2.39. The van der Waals surface area contributed by atoms with Crippen LogP contribution in [-0.2, 0) is 19.1 Å². The van der Waals surface area contributed by atoms with Gasteiger partial charge >= 0.3 is 5.97 Å². The van der Waals surface area contributed by atoms with E-state index in [0.717, 1.165) is 12.8 Å². The number of esters is 1. The molecule has 0 radical (unpaired) electrons. The van der Waals surface area contributed by atoms with E-state index in [0.29, 0.717) is 25.4 Å². The lowest BCUT2D eigenvalue weighted by molar-refractivity contribution is -0.166. The lowest BCUT2D eigenvalue weighted by Gasteiger charge is -2.40. The molecular weight excluding hydrogens is 256 g/mol. The average molecular weight is 284 g/mol.